The first-order valence-corrected chi connectivity index (χ1v) is 7.61. The van der Waals surface area contributed by atoms with E-state index in [9.17, 15) is 14.4 Å². The van der Waals surface area contributed by atoms with Crippen molar-refractivity contribution in [3.8, 4) is 0 Å². The molecule has 22 heavy (non-hydrogen) atoms. The average molecular weight is 315 g/mol. The number of hydrogen-bond donors (Lipinski definition) is 0. The van der Waals surface area contributed by atoms with Gasteiger partial charge in [0.2, 0.25) is 0 Å². The molecule has 0 aromatic rings. The van der Waals surface area contributed by atoms with Gasteiger partial charge in [0.1, 0.15) is 5.60 Å². The van der Waals surface area contributed by atoms with E-state index in [4.69, 9.17) is 14.3 Å². The minimum absolute atomic E-state index is 0.0895. The normalized spacial score (nSPS) is 14.2. The van der Waals surface area contributed by atoms with Crippen LogP contribution >= 0.6 is 0 Å². The van der Waals surface area contributed by atoms with Crippen LogP contribution in [-0.4, -0.2) is 41.8 Å². The number of nitrogens with zero attached hydrogens (tertiary/aromatic N) is 1. The van der Waals surface area contributed by atoms with Crippen molar-refractivity contribution in [1.82, 2.24) is 5.06 Å². The first-order valence-electron chi connectivity index (χ1n) is 7.61. The standard InChI is InChI=1S/C15H25NO6/c1-5-20-12(17)7-6-10-16(14(19)21-15(2,3)4)22-13(18)11-8-9-11/h11H,5-10H2,1-4H3. The summed E-state index contributed by atoms with van der Waals surface area (Å²) in [5.41, 5.74) is -0.692. The summed E-state index contributed by atoms with van der Waals surface area (Å²) in [6.45, 7) is 7.30. The van der Waals surface area contributed by atoms with Crippen LogP contribution in [0.15, 0.2) is 0 Å². The van der Waals surface area contributed by atoms with Gasteiger partial charge < -0.3 is 14.3 Å². The van der Waals surface area contributed by atoms with Crippen molar-refractivity contribution in [1.29, 1.82) is 0 Å². The van der Waals surface area contributed by atoms with Gasteiger partial charge in [-0.25, -0.2) is 9.59 Å². The molecule has 0 atom stereocenters. The molecule has 0 N–H and O–H groups in total. The Kier molecular flexibility index (Phi) is 6.64. The van der Waals surface area contributed by atoms with Crippen molar-refractivity contribution in [3.05, 3.63) is 0 Å². The molecule has 1 rings (SSSR count). The van der Waals surface area contributed by atoms with E-state index < -0.39 is 17.7 Å². The molecular formula is C15H25NO6. The second-order valence-electron chi connectivity index (χ2n) is 6.18. The lowest BCUT2D eigenvalue weighted by atomic mass is 10.2. The molecule has 0 aromatic carbocycles. The number of carbonyl (C=O) groups excluding carboxylic acids is 3. The highest BCUT2D eigenvalue weighted by atomic mass is 16.8. The predicted octanol–water partition coefficient (Wildman–Crippen LogP) is 2.44. The van der Waals surface area contributed by atoms with Crippen LogP contribution < -0.4 is 0 Å². The van der Waals surface area contributed by atoms with Crippen LogP contribution in [0.3, 0.4) is 0 Å². The second-order valence-corrected chi connectivity index (χ2v) is 6.18. The lowest BCUT2D eigenvalue weighted by molar-refractivity contribution is -0.186. The summed E-state index contributed by atoms with van der Waals surface area (Å²) in [5.74, 6) is -0.905. The van der Waals surface area contributed by atoms with E-state index in [1.54, 1.807) is 27.7 Å². The summed E-state index contributed by atoms with van der Waals surface area (Å²) in [5, 5.41) is 0.894. The zero-order valence-corrected chi connectivity index (χ0v) is 13.7. The van der Waals surface area contributed by atoms with E-state index in [2.05, 4.69) is 0 Å². The van der Waals surface area contributed by atoms with E-state index in [0.29, 0.717) is 13.0 Å². The van der Waals surface area contributed by atoms with Gasteiger partial charge in [-0.2, -0.15) is 0 Å². The first kappa shape index (κ1) is 18.3. The second kappa shape index (κ2) is 8.00. The Bertz CT molecular complexity index is 411. The van der Waals surface area contributed by atoms with Gasteiger partial charge in [0.25, 0.3) is 0 Å². The quantitative estimate of drug-likeness (QED) is 0.553. The molecule has 1 amide bonds. The molecule has 0 radical (unpaired) electrons. The van der Waals surface area contributed by atoms with E-state index in [1.165, 1.54) is 0 Å². The molecule has 0 saturated heterocycles. The maximum Gasteiger partial charge on any atom is 0.443 e. The van der Waals surface area contributed by atoms with Gasteiger partial charge in [0.15, 0.2) is 0 Å². The van der Waals surface area contributed by atoms with Crippen LogP contribution in [0, 0.1) is 5.92 Å². The van der Waals surface area contributed by atoms with Crippen molar-refractivity contribution in [2.45, 2.75) is 59.0 Å². The fourth-order valence-electron chi connectivity index (χ4n) is 1.59. The topological polar surface area (TPSA) is 82.1 Å². The Morgan fingerprint density at radius 2 is 1.82 bits per heavy atom. The molecule has 0 heterocycles. The van der Waals surface area contributed by atoms with E-state index in [-0.39, 0.29) is 24.9 Å². The van der Waals surface area contributed by atoms with Crippen LogP contribution in [0.25, 0.3) is 0 Å². The summed E-state index contributed by atoms with van der Waals surface area (Å²) in [6.07, 6.45) is 1.31. The molecule has 0 unspecified atom stereocenters. The lowest BCUT2D eigenvalue weighted by Crippen LogP contribution is -2.39. The minimum Gasteiger partial charge on any atom is -0.466 e. The van der Waals surface area contributed by atoms with Crippen LogP contribution in [0.2, 0.25) is 0 Å². The average Bonchev–Trinajstić information content (AvgIpc) is 3.19. The maximum atomic E-state index is 12.0. The Balaban J connectivity index is 2.51. The molecule has 1 fully saturated rings. The summed E-state index contributed by atoms with van der Waals surface area (Å²) >= 11 is 0. The molecule has 0 spiro atoms. The fourth-order valence-corrected chi connectivity index (χ4v) is 1.59. The number of carbonyl (C=O) groups is 3. The van der Waals surface area contributed by atoms with Crippen LogP contribution in [0.1, 0.15) is 53.4 Å². The molecule has 0 aliphatic heterocycles. The molecule has 1 aliphatic rings. The molecule has 1 aliphatic carbocycles. The number of ether oxygens (including phenoxy) is 2. The summed E-state index contributed by atoms with van der Waals surface area (Å²) in [7, 11) is 0. The van der Waals surface area contributed by atoms with Crippen LogP contribution in [-0.2, 0) is 23.9 Å². The Labute approximate surface area is 130 Å². The SMILES string of the molecule is CCOC(=O)CCCN(OC(=O)C1CC1)C(=O)OC(C)(C)C. The van der Waals surface area contributed by atoms with Gasteiger partial charge in [-0.05, 0) is 47.0 Å². The summed E-state index contributed by atoms with van der Waals surface area (Å²) in [4.78, 5) is 40.2. The minimum atomic E-state index is -0.731. The lowest BCUT2D eigenvalue weighted by Gasteiger charge is -2.26. The number of hydrogen-bond acceptors (Lipinski definition) is 6. The third-order valence-electron chi connectivity index (χ3n) is 2.76. The van der Waals surface area contributed by atoms with Crippen molar-refractivity contribution in [2.75, 3.05) is 13.2 Å². The van der Waals surface area contributed by atoms with Gasteiger partial charge in [0.05, 0.1) is 19.1 Å². The number of esters is 1. The maximum absolute atomic E-state index is 12.0. The molecule has 1 saturated carbocycles. The smallest absolute Gasteiger partial charge is 0.443 e. The van der Waals surface area contributed by atoms with Gasteiger partial charge in [0, 0.05) is 6.42 Å². The Morgan fingerprint density at radius 1 is 1.18 bits per heavy atom. The van der Waals surface area contributed by atoms with E-state index in [1.807, 2.05) is 0 Å². The third-order valence-corrected chi connectivity index (χ3v) is 2.76. The van der Waals surface area contributed by atoms with Crippen molar-refractivity contribution >= 4 is 18.0 Å². The van der Waals surface area contributed by atoms with Gasteiger partial charge in [-0.15, -0.1) is 5.06 Å². The van der Waals surface area contributed by atoms with Crippen LogP contribution in [0.5, 0.6) is 0 Å². The Hall–Kier alpha value is -1.79. The highest BCUT2D eigenvalue weighted by molar-refractivity contribution is 5.77. The molecule has 7 nitrogen and oxygen atoms in total. The fraction of sp³-hybridized carbons (Fsp3) is 0.800. The van der Waals surface area contributed by atoms with Gasteiger partial charge in [-0.1, -0.05) is 0 Å². The van der Waals surface area contributed by atoms with Crippen molar-refractivity contribution in [3.63, 3.8) is 0 Å². The number of rotatable bonds is 6. The largest absolute Gasteiger partial charge is 0.466 e. The zero-order chi connectivity index (χ0) is 16.8. The van der Waals surface area contributed by atoms with Gasteiger partial charge in [-0.3, -0.25) is 4.79 Å². The van der Waals surface area contributed by atoms with E-state index >= 15 is 0 Å². The molecule has 126 valence electrons. The highest BCUT2D eigenvalue weighted by Gasteiger charge is 2.35. The van der Waals surface area contributed by atoms with Gasteiger partial charge >= 0.3 is 18.0 Å². The highest BCUT2D eigenvalue weighted by Crippen LogP contribution is 2.30. The molecular weight excluding hydrogens is 290 g/mol. The molecule has 0 bridgehead atoms. The molecule has 0 aromatic heterocycles. The summed E-state index contributed by atoms with van der Waals surface area (Å²) < 4.78 is 10.0. The van der Waals surface area contributed by atoms with Crippen molar-refractivity contribution in [2.24, 2.45) is 5.92 Å². The predicted molar refractivity (Wildman–Crippen MR) is 77.6 cm³/mol. The van der Waals surface area contributed by atoms with E-state index in [0.717, 1.165) is 17.9 Å². The monoisotopic (exact) mass is 315 g/mol. The summed E-state index contributed by atoms with van der Waals surface area (Å²) in [6, 6.07) is 0. The molecule has 7 heteroatoms. The third kappa shape index (κ3) is 7.28. The van der Waals surface area contributed by atoms with Crippen molar-refractivity contribution < 1.29 is 28.7 Å². The number of amides is 1. The van der Waals surface area contributed by atoms with Crippen LogP contribution in [0.4, 0.5) is 4.79 Å². The first-order chi connectivity index (χ1) is 10.2. The Morgan fingerprint density at radius 3 is 2.32 bits per heavy atom. The number of hydroxylamine groups is 2. The zero-order valence-electron chi connectivity index (χ0n) is 13.7.